The van der Waals surface area contributed by atoms with E-state index in [4.69, 9.17) is 5.14 Å². The summed E-state index contributed by atoms with van der Waals surface area (Å²) in [7, 11) is -3.77. The van der Waals surface area contributed by atoms with Crippen molar-refractivity contribution in [2.75, 3.05) is 0 Å². The van der Waals surface area contributed by atoms with Crippen LogP contribution in [0.4, 0.5) is 0 Å². The molecule has 7 nitrogen and oxygen atoms in total. The number of hydrogen-bond donors (Lipinski definition) is 2. The number of thiazole rings is 1. The van der Waals surface area contributed by atoms with Crippen molar-refractivity contribution in [3.63, 3.8) is 0 Å². The van der Waals surface area contributed by atoms with E-state index in [-0.39, 0.29) is 23.3 Å². The first-order chi connectivity index (χ1) is 11.3. The number of aromatic nitrogens is 2. The van der Waals surface area contributed by atoms with Crippen molar-refractivity contribution in [1.82, 2.24) is 14.7 Å². The van der Waals surface area contributed by atoms with Crippen LogP contribution >= 0.6 is 11.3 Å². The van der Waals surface area contributed by atoms with Crippen LogP contribution in [0.5, 0.6) is 0 Å². The Balaban J connectivity index is 1.68. The molecular weight excluding hydrogens is 348 g/mol. The number of nitrogens with zero attached hydrogens (tertiary/aromatic N) is 2. The molecule has 3 aromatic rings. The number of fused-ring (bicyclic) bond motifs is 1. The van der Waals surface area contributed by atoms with Gasteiger partial charge in [0.05, 0.1) is 23.1 Å². The van der Waals surface area contributed by atoms with Gasteiger partial charge in [0.15, 0.2) is 4.96 Å². The third-order valence-electron chi connectivity index (χ3n) is 3.55. The third kappa shape index (κ3) is 3.64. The molecule has 3 N–H and O–H groups in total. The van der Waals surface area contributed by atoms with Crippen LogP contribution in [0, 0.1) is 0 Å². The number of carbonyl (C=O) groups is 1. The van der Waals surface area contributed by atoms with Crippen molar-refractivity contribution in [3.8, 4) is 0 Å². The molecule has 3 rings (SSSR count). The summed E-state index contributed by atoms with van der Waals surface area (Å²) in [4.78, 5) is 17.4. The van der Waals surface area contributed by atoms with Crippen LogP contribution < -0.4 is 10.5 Å². The maximum absolute atomic E-state index is 12.2. The molecule has 9 heteroatoms. The zero-order valence-electron chi connectivity index (χ0n) is 12.8. The first-order valence-corrected chi connectivity index (χ1v) is 9.59. The molecule has 24 heavy (non-hydrogen) atoms. The van der Waals surface area contributed by atoms with Crippen molar-refractivity contribution in [1.29, 1.82) is 0 Å². The first kappa shape index (κ1) is 16.6. The molecule has 0 saturated heterocycles. The number of amides is 1. The van der Waals surface area contributed by atoms with E-state index in [0.717, 1.165) is 4.96 Å². The number of carbonyl (C=O) groups excluding carboxylic acids is 1. The lowest BCUT2D eigenvalue weighted by Gasteiger charge is -2.14. The molecule has 0 radical (unpaired) electrons. The molecule has 0 fully saturated rings. The Morgan fingerprint density at radius 3 is 2.96 bits per heavy atom. The molecule has 126 valence electrons. The van der Waals surface area contributed by atoms with Crippen molar-refractivity contribution in [2.24, 2.45) is 5.14 Å². The van der Waals surface area contributed by atoms with Gasteiger partial charge in [-0.25, -0.2) is 18.5 Å². The number of sulfonamides is 1. The van der Waals surface area contributed by atoms with Crippen LogP contribution in [0.15, 0.2) is 46.9 Å². The van der Waals surface area contributed by atoms with Gasteiger partial charge in [0, 0.05) is 17.8 Å². The Bertz CT molecular complexity index is 962. The van der Waals surface area contributed by atoms with E-state index in [1.165, 1.54) is 23.5 Å². The molecule has 2 heterocycles. The van der Waals surface area contributed by atoms with Crippen LogP contribution in [0.3, 0.4) is 0 Å². The van der Waals surface area contributed by atoms with Gasteiger partial charge < -0.3 is 5.32 Å². The van der Waals surface area contributed by atoms with Gasteiger partial charge in [0.25, 0.3) is 0 Å². The molecule has 0 aliphatic carbocycles. The predicted octanol–water partition coefficient (Wildman–Crippen LogP) is 1.46. The van der Waals surface area contributed by atoms with Crippen molar-refractivity contribution in [3.05, 3.63) is 53.3 Å². The van der Waals surface area contributed by atoms with E-state index < -0.39 is 10.0 Å². The number of nitrogens with two attached hydrogens (primary N) is 1. The standard InChI is InChI=1S/C15H16N4O3S2/c1-10(11-3-2-4-13(7-11)24(16,21)22)17-14(20)8-12-9-19-5-6-23-15(19)18-12/h2-7,9-10H,8H2,1H3,(H,17,20)(H2,16,21,22). The van der Waals surface area contributed by atoms with Gasteiger partial charge >= 0.3 is 0 Å². The molecular formula is C15H16N4O3S2. The average molecular weight is 364 g/mol. The largest absolute Gasteiger partial charge is 0.349 e. The lowest BCUT2D eigenvalue weighted by molar-refractivity contribution is -0.121. The van der Waals surface area contributed by atoms with Crippen LogP contribution in [-0.4, -0.2) is 23.7 Å². The first-order valence-electron chi connectivity index (χ1n) is 7.16. The fourth-order valence-electron chi connectivity index (χ4n) is 2.36. The molecule has 1 unspecified atom stereocenters. The summed E-state index contributed by atoms with van der Waals surface area (Å²) in [5.74, 6) is -0.186. The van der Waals surface area contributed by atoms with E-state index in [1.54, 1.807) is 19.1 Å². The predicted molar refractivity (Wildman–Crippen MR) is 91.1 cm³/mol. The highest BCUT2D eigenvalue weighted by Gasteiger charge is 2.15. The maximum Gasteiger partial charge on any atom is 0.238 e. The molecule has 2 aromatic heterocycles. The smallest absolute Gasteiger partial charge is 0.238 e. The van der Waals surface area contributed by atoms with Gasteiger partial charge in [0.2, 0.25) is 15.9 Å². The molecule has 0 saturated carbocycles. The summed E-state index contributed by atoms with van der Waals surface area (Å²) in [5.41, 5.74) is 1.35. The van der Waals surface area contributed by atoms with Crippen molar-refractivity contribution < 1.29 is 13.2 Å². The Morgan fingerprint density at radius 1 is 1.46 bits per heavy atom. The number of hydrogen-bond acceptors (Lipinski definition) is 5. The summed E-state index contributed by atoms with van der Waals surface area (Å²) >= 11 is 1.50. The second-order valence-corrected chi connectivity index (χ2v) is 7.84. The fraction of sp³-hybridized carbons (Fsp3) is 0.200. The molecule has 0 aliphatic rings. The highest BCUT2D eigenvalue weighted by Crippen LogP contribution is 2.17. The Hall–Kier alpha value is -2.23. The lowest BCUT2D eigenvalue weighted by atomic mass is 10.1. The Labute approximate surface area is 143 Å². The van der Waals surface area contributed by atoms with Crippen LogP contribution in [0.25, 0.3) is 4.96 Å². The van der Waals surface area contributed by atoms with Gasteiger partial charge in [-0.15, -0.1) is 11.3 Å². The van der Waals surface area contributed by atoms with Crippen LogP contribution in [-0.2, 0) is 21.2 Å². The van der Waals surface area contributed by atoms with Crippen LogP contribution in [0.1, 0.15) is 24.2 Å². The molecule has 0 spiro atoms. The zero-order chi connectivity index (χ0) is 17.3. The van der Waals surface area contributed by atoms with Crippen molar-refractivity contribution >= 4 is 32.2 Å². The molecule has 0 aliphatic heterocycles. The topological polar surface area (TPSA) is 107 Å². The minimum atomic E-state index is -3.77. The lowest BCUT2D eigenvalue weighted by Crippen LogP contribution is -2.28. The second kappa shape index (κ2) is 6.34. The Morgan fingerprint density at radius 2 is 2.25 bits per heavy atom. The SMILES string of the molecule is CC(NC(=O)Cc1cn2ccsc2n1)c1cccc(S(N)(=O)=O)c1. The van der Waals surface area contributed by atoms with Gasteiger partial charge in [-0.3, -0.25) is 9.20 Å². The highest BCUT2D eigenvalue weighted by atomic mass is 32.2. The third-order valence-corrected chi connectivity index (χ3v) is 5.23. The normalized spacial score (nSPS) is 13.1. The number of primary sulfonamides is 1. The summed E-state index contributed by atoms with van der Waals surface area (Å²) < 4.78 is 24.7. The van der Waals surface area contributed by atoms with Crippen molar-refractivity contribution in [2.45, 2.75) is 24.3 Å². The minimum Gasteiger partial charge on any atom is -0.349 e. The summed E-state index contributed by atoms with van der Waals surface area (Å²) in [6.07, 6.45) is 3.86. The summed E-state index contributed by atoms with van der Waals surface area (Å²) in [6, 6.07) is 5.88. The highest BCUT2D eigenvalue weighted by molar-refractivity contribution is 7.89. The second-order valence-electron chi connectivity index (χ2n) is 5.41. The fourth-order valence-corrected chi connectivity index (χ4v) is 3.65. The Kier molecular flexibility index (Phi) is 4.39. The van der Waals surface area contributed by atoms with Gasteiger partial charge in [-0.05, 0) is 24.6 Å². The molecule has 0 bridgehead atoms. The number of benzene rings is 1. The summed E-state index contributed by atoms with van der Waals surface area (Å²) in [5, 5.41) is 9.89. The van der Waals surface area contributed by atoms with E-state index in [2.05, 4.69) is 10.3 Å². The van der Waals surface area contributed by atoms with E-state index in [9.17, 15) is 13.2 Å². The zero-order valence-corrected chi connectivity index (χ0v) is 14.5. The van der Waals surface area contributed by atoms with Crippen LogP contribution in [0.2, 0.25) is 0 Å². The minimum absolute atomic E-state index is 0.0236. The number of nitrogens with one attached hydrogen (secondary N) is 1. The van der Waals surface area contributed by atoms with Gasteiger partial charge in [0.1, 0.15) is 0 Å². The molecule has 1 amide bonds. The van der Waals surface area contributed by atoms with Gasteiger partial charge in [-0.1, -0.05) is 12.1 Å². The summed E-state index contributed by atoms with van der Waals surface area (Å²) in [6.45, 7) is 1.78. The average Bonchev–Trinajstić information content (AvgIpc) is 3.07. The molecule has 1 atom stereocenters. The van der Waals surface area contributed by atoms with Gasteiger partial charge in [-0.2, -0.15) is 0 Å². The monoisotopic (exact) mass is 364 g/mol. The number of rotatable bonds is 5. The van der Waals surface area contributed by atoms with E-state index >= 15 is 0 Å². The van der Waals surface area contributed by atoms with E-state index in [1.807, 2.05) is 22.2 Å². The molecule has 1 aromatic carbocycles. The number of imidazole rings is 1. The quantitative estimate of drug-likeness (QED) is 0.715. The van der Waals surface area contributed by atoms with E-state index in [0.29, 0.717) is 11.3 Å². The maximum atomic E-state index is 12.2.